The Morgan fingerprint density at radius 3 is 1.29 bits per heavy atom. The SMILES string of the molecule is C[N+](C)(CCCCCCCCCCCCCCCCCCCl)C1CCCCC1. The number of alkyl halides is 1. The lowest BCUT2D eigenvalue weighted by Crippen LogP contribution is -2.50. The number of rotatable bonds is 19. The van der Waals surface area contributed by atoms with Crippen LogP contribution in [0.2, 0.25) is 0 Å². The van der Waals surface area contributed by atoms with E-state index >= 15 is 0 Å². The summed E-state index contributed by atoms with van der Waals surface area (Å²) in [4.78, 5) is 0. The van der Waals surface area contributed by atoms with Crippen LogP contribution in [-0.2, 0) is 0 Å². The van der Waals surface area contributed by atoms with Crippen molar-refractivity contribution in [1.82, 2.24) is 0 Å². The Morgan fingerprint density at radius 1 is 0.536 bits per heavy atom. The molecule has 168 valence electrons. The number of nitrogens with zero attached hydrogens (tertiary/aromatic N) is 1. The summed E-state index contributed by atoms with van der Waals surface area (Å²) in [5.41, 5.74) is 0. The van der Waals surface area contributed by atoms with Gasteiger partial charge in [0.25, 0.3) is 0 Å². The highest BCUT2D eigenvalue weighted by Gasteiger charge is 2.28. The summed E-state index contributed by atoms with van der Waals surface area (Å²) in [6.07, 6.45) is 30.3. The zero-order valence-corrected chi connectivity index (χ0v) is 20.4. The molecule has 1 saturated carbocycles. The summed E-state index contributed by atoms with van der Waals surface area (Å²) in [7, 11) is 4.97. The van der Waals surface area contributed by atoms with Crippen molar-refractivity contribution in [3.8, 4) is 0 Å². The Hall–Kier alpha value is 0.250. The molecule has 0 heterocycles. The van der Waals surface area contributed by atoms with Crippen LogP contribution < -0.4 is 0 Å². The number of hydrogen-bond acceptors (Lipinski definition) is 0. The molecule has 0 spiro atoms. The maximum Gasteiger partial charge on any atom is 0.0886 e. The van der Waals surface area contributed by atoms with Crippen LogP contribution in [0.15, 0.2) is 0 Å². The summed E-state index contributed by atoms with van der Waals surface area (Å²) in [6.45, 7) is 1.40. The van der Waals surface area contributed by atoms with Crippen molar-refractivity contribution in [3.63, 3.8) is 0 Å². The molecule has 1 aliphatic rings. The molecule has 28 heavy (non-hydrogen) atoms. The monoisotopic (exact) mass is 414 g/mol. The lowest BCUT2D eigenvalue weighted by atomic mass is 9.93. The van der Waals surface area contributed by atoms with E-state index in [4.69, 9.17) is 11.6 Å². The summed E-state index contributed by atoms with van der Waals surface area (Å²) >= 11 is 5.71. The van der Waals surface area contributed by atoms with Gasteiger partial charge in [-0.3, -0.25) is 0 Å². The maximum atomic E-state index is 5.71. The third-order valence-corrected chi connectivity index (χ3v) is 7.45. The van der Waals surface area contributed by atoms with E-state index in [9.17, 15) is 0 Å². The second-order valence-corrected chi connectivity index (χ2v) is 10.5. The van der Waals surface area contributed by atoms with Crippen molar-refractivity contribution >= 4 is 11.6 Å². The van der Waals surface area contributed by atoms with E-state index in [1.165, 1.54) is 146 Å². The minimum absolute atomic E-state index is 0.845. The van der Waals surface area contributed by atoms with Gasteiger partial charge in [-0.1, -0.05) is 89.9 Å². The van der Waals surface area contributed by atoms with E-state index in [0.717, 1.165) is 11.9 Å². The molecule has 0 unspecified atom stereocenters. The summed E-state index contributed by atoms with van der Waals surface area (Å²) in [6, 6.07) is 0.949. The van der Waals surface area contributed by atoms with Crippen molar-refractivity contribution in [2.24, 2.45) is 0 Å². The zero-order valence-electron chi connectivity index (χ0n) is 19.7. The van der Waals surface area contributed by atoms with Crippen LogP contribution in [0.4, 0.5) is 0 Å². The third-order valence-electron chi connectivity index (χ3n) is 7.18. The number of unbranched alkanes of at least 4 members (excludes halogenated alkanes) is 15. The van der Waals surface area contributed by atoms with Gasteiger partial charge in [0.15, 0.2) is 0 Å². The molecule has 0 radical (unpaired) electrons. The van der Waals surface area contributed by atoms with Gasteiger partial charge in [-0.2, -0.15) is 0 Å². The largest absolute Gasteiger partial charge is 0.326 e. The van der Waals surface area contributed by atoms with Gasteiger partial charge in [0, 0.05) is 5.88 Å². The maximum absolute atomic E-state index is 5.71. The summed E-state index contributed by atoms with van der Waals surface area (Å²) in [5, 5.41) is 0. The fourth-order valence-electron chi connectivity index (χ4n) is 5.05. The lowest BCUT2D eigenvalue weighted by Gasteiger charge is -2.40. The molecule has 0 aromatic carbocycles. The van der Waals surface area contributed by atoms with E-state index < -0.39 is 0 Å². The molecule has 0 amide bonds. The van der Waals surface area contributed by atoms with Crippen molar-refractivity contribution in [2.75, 3.05) is 26.5 Å². The molecular weight excluding hydrogens is 362 g/mol. The molecule has 0 atom stereocenters. The van der Waals surface area contributed by atoms with Gasteiger partial charge < -0.3 is 4.48 Å². The molecule has 0 saturated heterocycles. The van der Waals surface area contributed by atoms with Crippen LogP contribution in [0.1, 0.15) is 135 Å². The van der Waals surface area contributed by atoms with Crippen LogP contribution >= 0.6 is 11.6 Å². The first-order valence-electron chi connectivity index (χ1n) is 13.1. The number of quaternary nitrogens is 1. The van der Waals surface area contributed by atoms with E-state index in [-0.39, 0.29) is 0 Å². The highest BCUT2D eigenvalue weighted by molar-refractivity contribution is 6.17. The molecule has 0 bridgehead atoms. The standard InChI is InChI=1S/C26H53ClN/c1-28(2,26-22-18-17-19-23-26)25-21-16-14-12-10-8-6-4-3-5-7-9-11-13-15-20-24-27/h26H,3-25H2,1-2H3/q+1. The van der Waals surface area contributed by atoms with Crippen molar-refractivity contribution < 1.29 is 4.48 Å². The molecule has 1 rings (SSSR count). The highest BCUT2D eigenvalue weighted by atomic mass is 35.5. The molecule has 1 aliphatic carbocycles. The van der Waals surface area contributed by atoms with E-state index in [0.29, 0.717) is 0 Å². The second-order valence-electron chi connectivity index (χ2n) is 10.1. The molecule has 0 aromatic rings. The van der Waals surface area contributed by atoms with Crippen molar-refractivity contribution in [2.45, 2.75) is 141 Å². The van der Waals surface area contributed by atoms with Gasteiger partial charge in [0.1, 0.15) is 0 Å². The Morgan fingerprint density at radius 2 is 0.893 bits per heavy atom. The predicted octanol–water partition coefficient (Wildman–Crippen LogP) is 8.88. The average Bonchev–Trinajstić information content (AvgIpc) is 2.71. The van der Waals surface area contributed by atoms with Crippen molar-refractivity contribution in [3.05, 3.63) is 0 Å². The number of halogens is 1. The lowest BCUT2D eigenvalue weighted by molar-refractivity contribution is -0.916. The van der Waals surface area contributed by atoms with Crippen LogP contribution in [-0.4, -0.2) is 37.0 Å². The minimum Gasteiger partial charge on any atom is -0.326 e. The van der Waals surface area contributed by atoms with Gasteiger partial charge in [-0.25, -0.2) is 0 Å². The first-order valence-corrected chi connectivity index (χ1v) is 13.6. The summed E-state index contributed by atoms with van der Waals surface area (Å²) in [5.74, 6) is 0.845. The first kappa shape index (κ1) is 26.3. The predicted molar refractivity (Wildman–Crippen MR) is 128 cm³/mol. The Balaban J connectivity index is 1.77. The smallest absolute Gasteiger partial charge is 0.0886 e. The van der Waals surface area contributed by atoms with E-state index in [2.05, 4.69) is 14.1 Å². The fraction of sp³-hybridized carbons (Fsp3) is 1.00. The molecule has 0 N–H and O–H groups in total. The average molecular weight is 415 g/mol. The Labute approximate surface area is 183 Å². The first-order chi connectivity index (χ1) is 13.7. The van der Waals surface area contributed by atoms with Crippen LogP contribution in [0.3, 0.4) is 0 Å². The minimum atomic E-state index is 0.845. The van der Waals surface area contributed by atoms with Gasteiger partial charge in [0.05, 0.1) is 26.7 Å². The molecule has 2 heteroatoms. The molecule has 0 aliphatic heterocycles. The van der Waals surface area contributed by atoms with Crippen LogP contribution in [0, 0.1) is 0 Å². The topological polar surface area (TPSA) is 0 Å². The quantitative estimate of drug-likeness (QED) is 0.112. The molecular formula is C26H53ClN+. The molecule has 1 fully saturated rings. The fourth-order valence-corrected chi connectivity index (χ4v) is 5.24. The molecule has 0 aromatic heterocycles. The van der Waals surface area contributed by atoms with Gasteiger partial charge in [-0.05, 0) is 44.9 Å². The second kappa shape index (κ2) is 18.1. The third kappa shape index (κ3) is 14.3. The highest BCUT2D eigenvalue weighted by Crippen LogP contribution is 2.26. The Bertz CT molecular complexity index is 322. The van der Waals surface area contributed by atoms with Gasteiger partial charge >= 0.3 is 0 Å². The normalized spacial score (nSPS) is 16.0. The van der Waals surface area contributed by atoms with E-state index in [1.54, 1.807) is 0 Å². The van der Waals surface area contributed by atoms with Gasteiger partial charge in [0.2, 0.25) is 0 Å². The zero-order chi connectivity index (χ0) is 20.3. The van der Waals surface area contributed by atoms with Crippen LogP contribution in [0.25, 0.3) is 0 Å². The van der Waals surface area contributed by atoms with Gasteiger partial charge in [-0.15, -0.1) is 11.6 Å². The summed E-state index contributed by atoms with van der Waals surface area (Å²) < 4.78 is 1.29. The van der Waals surface area contributed by atoms with E-state index in [1.807, 2.05) is 0 Å². The van der Waals surface area contributed by atoms with Crippen LogP contribution in [0.5, 0.6) is 0 Å². The Kier molecular flexibility index (Phi) is 16.9. The van der Waals surface area contributed by atoms with Crippen molar-refractivity contribution in [1.29, 1.82) is 0 Å². The number of hydrogen-bond donors (Lipinski definition) is 0. The molecule has 1 nitrogen and oxygen atoms in total.